The van der Waals surface area contributed by atoms with Crippen LogP contribution in [0.4, 0.5) is 4.39 Å². The Morgan fingerprint density at radius 2 is 2.19 bits per heavy atom. The number of morpholine rings is 1. The van der Waals surface area contributed by atoms with Crippen LogP contribution in [0.2, 0.25) is 0 Å². The second-order valence-corrected chi connectivity index (χ2v) is 4.99. The highest BCUT2D eigenvalue weighted by atomic mass is 19.1. The number of benzene rings is 1. The van der Waals surface area contributed by atoms with Crippen LogP contribution >= 0.6 is 0 Å². The molecule has 1 aromatic carbocycles. The van der Waals surface area contributed by atoms with Crippen molar-refractivity contribution >= 4 is 5.91 Å². The third kappa shape index (κ3) is 3.11. The van der Waals surface area contributed by atoms with E-state index in [1.807, 2.05) is 6.07 Å². The van der Waals surface area contributed by atoms with Crippen molar-refractivity contribution in [3.63, 3.8) is 0 Å². The average Bonchev–Trinajstić information content (AvgIpc) is 3.04. The topological polar surface area (TPSA) is 58.2 Å². The second-order valence-electron chi connectivity index (χ2n) is 4.99. The van der Waals surface area contributed by atoms with Crippen LogP contribution in [0.15, 0.2) is 36.5 Å². The molecule has 2 aromatic rings. The molecule has 6 heteroatoms. The highest BCUT2D eigenvalue weighted by Gasteiger charge is 2.29. The van der Waals surface area contributed by atoms with Gasteiger partial charge < -0.3 is 9.64 Å². The van der Waals surface area contributed by atoms with Crippen molar-refractivity contribution in [3.8, 4) is 0 Å². The number of aromatic amines is 1. The lowest BCUT2D eigenvalue weighted by Crippen LogP contribution is -2.44. The van der Waals surface area contributed by atoms with Crippen LogP contribution in [0, 0.1) is 5.82 Å². The Hall–Kier alpha value is -2.21. The number of halogens is 1. The molecule has 3 rings (SSSR count). The smallest absolute Gasteiger partial charge is 0.227 e. The lowest BCUT2D eigenvalue weighted by molar-refractivity contribution is -0.139. The number of carbonyl (C=O) groups is 1. The summed E-state index contributed by atoms with van der Waals surface area (Å²) in [5.74, 6) is -0.294. The van der Waals surface area contributed by atoms with E-state index in [0.29, 0.717) is 19.8 Å². The molecule has 5 nitrogen and oxygen atoms in total. The molecule has 1 aliphatic rings. The van der Waals surface area contributed by atoms with Gasteiger partial charge in [-0.05, 0) is 23.8 Å². The number of nitrogens with one attached hydrogen (secondary N) is 1. The first kappa shape index (κ1) is 13.8. The highest BCUT2D eigenvalue weighted by Crippen LogP contribution is 2.23. The number of nitrogens with zero attached hydrogens (tertiary/aromatic N) is 2. The van der Waals surface area contributed by atoms with E-state index in [9.17, 15) is 9.18 Å². The van der Waals surface area contributed by atoms with Gasteiger partial charge in [0.05, 0.1) is 31.4 Å². The van der Waals surface area contributed by atoms with Gasteiger partial charge in [-0.2, -0.15) is 5.10 Å². The summed E-state index contributed by atoms with van der Waals surface area (Å²) in [5, 5.41) is 6.81. The summed E-state index contributed by atoms with van der Waals surface area (Å²) in [6.45, 7) is 1.53. The molecule has 0 radical (unpaired) electrons. The quantitative estimate of drug-likeness (QED) is 0.935. The number of aromatic nitrogens is 2. The summed E-state index contributed by atoms with van der Waals surface area (Å²) >= 11 is 0. The summed E-state index contributed by atoms with van der Waals surface area (Å²) in [7, 11) is 0. The summed E-state index contributed by atoms with van der Waals surface area (Å²) in [6.07, 6.45) is 1.91. The molecule has 1 amide bonds. The van der Waals surface area contributed by atoms with Crippen LogP contribution in [0.1, 0.15) is 17.3 Å². The Kier molecular flexibility index (Phi) is 3.96. The van der Waals surface area contributed by atoms with Crippen LogP contribution in [-0.4, -0.2) is 40.8 Å². The number of rotatable bonds is 3. The lowest BCUT2D eigenvalue weighted by Gasteiger charge is -2.35. The molecule has 21 heavy (non-hydrogen) atoms. The zero-order valence-electron chi connectivity index (χ0n) is 11.5. The Balaban J connectivity index is 1.73. The van der Waals surface area contributed by atoms with Gasteiger partial charge in [0.1, 0.15) is 5.82 Å². The molecule has 1 unspecified atom stereocenters. The van der Waals surface area contributed by atoms with Crippen LogP contribution in [0.5, 0.6) is 0 Å². The van der Waals surface area contributed by atoms with E-state index < -0.39 is 0 Å². The number of hydrogen-bond donors (Lipinski definition) is 1. The van der Waals surface area contributed by atoms with Gasteiger partial charge in [-0.25, -0.2) is 4.39 Å². The van der Waals surface area contributed by atoms with Gasteiger partial charge in [-0.1, -0.05) is 12.1 Å². The zero-order chi connectivity index (χ0) is 14.7. The van der Waals surface area contributed by atoms with Crippen molar-refractivity contribution in [1.29, 1.82) is 0 Å². The molecule has 1 aliphatic heterocycles. The average molecular weight is 289 g/mol. The van der Waals surface area contributed by atoms with Crippen LogP contribution < -0.4 is 0 Å². The molecular formula is C15H16FN3O2. The molecule has 0 spiro atoms. The first-order chi connectivity index (χ1) is 10.2. The molecule has 1 N–H and O–H groups in total. The molecule has 0 aliphatic carbocycles. The molecule has 0 bridgehead atoms. The van der Waals surface area contributed by atoms with Gasteiger partial charge in [-0.3, -0.25) is 9.89 Å². The van der Waals surface area contributed by atoms with Gasteiger partial charge in [-0.15, -0.1) is 0 Å². The van der Waals surface area contributed by atoms with Crippen LogP contribution in [0.25, 0.3) is 0 Å². The van der Waals surface area contributed by atoms with Crippen molar-refractivity contribution in [2.24, 2.45) is 0 Å². The van der Waals surface area contributed by atoms with E-state index in [1.165, 1.54) is 12.1 Å². The molecule has 1 saturated heterocycles. The van der Waals surface area contributed by atoms with Crippen LogP contribution in [-0.2, 0) is 16.0 Å². The minimum atomic E-state index is -0.298. The molecule has 1 atom stereocenters. The van der Waals surface area contributed by atoms with Gasteiger partial charge in [0.2, 0.25) is 5.91 Å². The standard InChI is InChI=1S/C15H16FN3O2/c16-12-3-1-11(2-4-12)9-15(20)19-7-8-21-10-14(19)13-5-6-17-18-13/h1-6,14H,7-10H2,(H,17,18). The fraction of sp³-hybridized carbons (Fsp3) is 0.333. The molecule has 110 valence electrons. The summed E-state index contributed by atoms with van der Waals surface area (Å²) in [4.78, 5) is 14.3. The van der Waals surface area contributed by atoms with E-state index in [-0.39, 0.29) is 24.2 Å². The van der Waals surface area contributed by atoms with Gasteiger partial charge >= 0.3 is 0 Å². The summed E-state index contributed by atoms with van der Waals surface area (Å²) < 4.78 is 18.4. The van der Waals surface area contributed by atoms with Gasteiger partial charge in [0.25, 0.3) is 0 Å². The van der Waals surface area contributed by atoms with Crippen molar-refractivity contribution in [1.82, 2.24) is 15.1 Å². The fourth-order valence-electron chi connectivity index (χ4n) is 2.49. The predicted molar refractivity (Wildman–Crippen MR) is 74.0 cm³/mol. The second kappa shape index (κ2) is 6.05. The molecule has 0 saturated carbocycles. The molecule has 1 aromatic heterocycles. The zero-order valence-corrected chi connectivity index (χ0v) is 11.5. The van der Waals surface area contributed by atoms with Crippen molar-refractivity contribution in [2.45, 2.75) is 12.5 Å². The van der Waals surface area contributed by atoms with E-state index in [2.05, 4.69) is 10.2 Å². The van der Waals surface area contributed by atoms with E-state index >= 15 is 0 Å². The number of carbonyl (C=O) groups excluding carboxylic acids is 1. The minimum absolute atomic E-state index is 0.00417. The maximum atomic E-state index is 12.9. The monoisotopic (exact) mass is 289 g/mol. The maximum Gasteiger partial charge on any atom is 0.227 e. The molecular weight excluding hydrogens is 273 g/mol. The number of ether oxygens (including phenoxy) is 1. The maximum absolute atomic E-state index is 12.9. The SMILES string of the molecule is O=C(Cc1ccc(F)cc1)N1CCOCC1c1ccn[nH]1. The Bertz CT molecular complexity index is 598. The lowest BCUT2D eigenvalue weighted by atomic mass is 10.1. The number of hydrogen-bond acceptors (Lipinski definition) is 3. The van der Waals surface area contributed by atoms with E-state index in [0.717, 1.165) is 11.3 Å². The Morgan fingerprint density at radius 3 is 2.90 bits per heavy atom. The Morgan fingerprint density at radius 1 is 1.38 bits per heavy atom. The van der Waals surface area contributed by atoms with Crippen LogP contribution in [0.3, 0.4) is 0 Å². The molecule has 1 fully saturated rings. The largest absolute Gasteiger partial charge is 0.377 e. The summed E-state index contributed by atoms with van der Waals surface area (Å²) in [6, 6.07) is 7.71. The van der Waals surface area contributed by atoms with Crippen molar-refractivity contribution < 1.29 is 13.9 Å². The minimum Gasteiger partial charge on any atom is -0.377 e. The number of H-pyrrole nitrogens is 1. The highest BCUT2D eigenvalue weighted by molar-refractivity contribution is 5.79. The van der Waals surface area contributed by atoms with E-state index in [4.69, 9.17) is 4.74 Å². The van der Waals surface area contributed by atoms with Gasteiger partial charge in [0.15, 0.2) is 0 Å². The Labute approximate surface area is 121 Å². The number of amides is 1. The molecule has 2 heterocycles. The first-order valence-electron chi connectivity index (χ1n) is 6.85. The van der Waals surface area contributed by atoms with Crippen molar-refractivity contribution in [3.05, 3.63) is 53.6 Å². The normalized spacial score (nSPS) is 18.7. The van der Waals surface area contributed by atoms with E-state index in [1.54, 1.807) is 23.2 Å². The summed E-state index contributed by atoms with van der Waals surface area (Å²) in [5.41, 5.74) is 1.67. The first-order valence-corrected chi connectivity index (χ1v) is 6.85. The third-order valence-electron chi connectivity index (χ3n) is 3.60. The van der Waals surface area contributed by atoms with Gasteiger partial charge in [0, 0.05) is 12.7 Å². The third-order valence-corrected chi connectivity index (χ3v) is 3.60. The van der Waals surface area contributed by atoms with Crippen molar-refractivity contribution in [2.75, 3.05) is 19.8 Å². The fourth-order valence-corrected chi connectivity index (χ4v) is 2.49. The predicted octanol–water partition coefficient (Wildman–Crippen LogP) is 1.69.